The van der Waals surface area contributed by atoms with Gasteiger partial charge < -0.3 is 10.1 Å². The normalized spacial score (nSPS) is 11.4. The van der Waals surface area contributed by atoms with E-state index in [1.54, 1.807) is 6.92 Å². The number of carbonyl (C=O) groups excluding carboxylic acids is 1. The molecule has 0 aliphatic carbocycles. The molecule has 1 rings (SSSR count). The molecule has 0 spiro atoms. The number of nitrogens with one attached hydrogen (secondary N) is 1. The average molecular weight is 371 g/mol. The first-order valence-corrected chi connectivity index (χ1v) is 8.39. The van der Waals surface area contributed by atoms with Crippen molar-refractivity contribution in [3.05, 3.63) is 27.7 Å². The van der Waals surface area contributed by atoms with Crippen LogP contribution in [0.3, 0.4) is 0 Å². The van der Waals surface area contributed by atoms with Gasteiger partial charge in [-0.2, -0.15) is 0 Å². The van der Waals surface area contributed by atoms with Crippen molar-refractivity contribution in [1.29, 1.82) is 0 Å². The SMILES string of the molecule is COCCNC(=O)c1cc(S(=O)(=O)Cl)cc(Br)c1C. The van der Waals surface area contributed by atoms with Gasteiger partial charge in [-0.1, -0.05) is 15.9 Å². The van der Waals surface area contributed by atoms with Gasteiger partial charge in [-0.3, -0.25) is 4.79 Å². The number of rotatable bonds is 5. The molecule has 8 heteroatoms. The molecular weight excluding hydrogens is 358 g/mol. The Kier molecular flexibility index (Phi) is 5.79. The molecule has 1 N–H and O–H groups in total. The maximum absolute atomic E-state index is 11.9. The van der Waals surface area contributed by atoms with Crippen molar-refractivity contribution < 1.29 is 17.9 Å². The molecule has 0 aromatic heterocycles. The zero-order chi connectivity index (χ0) is 14.6. The highest BCUT2D eigenvalue weighted by atomic mass is 79.9. The molecule has 0 saturated carbocycles. The third-order valence-corrected chi connectivity index (χ3v) is 4.59. The molecular formula is C11H13BrClNO4S. The minimum absolute atomic E-state index is 0.122. The van der Waals surface area contributed by atoms with Gasteiger partial charge in [0.15, 0.2) is 0 Å². The second-order valence-electron chi connectivity index (χ2n) is 3.76. The molecule has 0 radical (unpaired) electrons. The van der Waals surface area contributed by atoms with Crippen molar-refractivity contribution >= 4 is 41.6 Å². The number of hydrogen-bond donors (Lipinski definition) is 1. The largest absolute Gasteiger partial charge is 0.383 e. The summed E-state index contributed by atoms with van der Waals surface area (Å²) in [5.74, 6) is -0.377. The van der Waals surface area contributed by atoms with E-state index in [0.717, 1.165) is 0 Å². The van der Waals surface area contributed by atoms with Crippen molar-refractivity contribution in [1.82, 2.24) is 5.32 Å². The van der Waals surface area contributed by atoms with Crippen LogP contribution in [-0.2, 0) is 13.8 Å². The van der Waals surface area contributed by atoms with Crippen molar-refractivity contribution in [3.63, 3.8) is 0 Å². The first-order chi connectivity index (χ1) is 8.77. The zero-order valence-corrected chi connectivity index (χ0v) is 13.5. The number of amides is 1. The van der Waals surface area contributed by atoms with Crippen LogP contribution in [0.5, 0.6) is 0 Å². The predicted octanol–water partition coefficient (Wildman–Crippen LogP) is 2.06. The minimum atomic E-state index is -3.89. The van der Waals surface area contributed by atoms with E-state index in [9.17, 15) is 13.2 Å². The van der Waals surface area contributed by atoms with Crippen molar-refractivity contribution in [3.8, 4) is 0 Å². The predicted molar refractivity (Wildman–Crippen MR) is 76.1 cm³/mol. The maximum atomic E-state index is 11.9. The number of carbonyl (C=O) groups is 1. The molecule has 0 bridgehead atoms. The molecule has 0 fully saturated rings. The summed E-state index contributed by atoms with van der Waals surface area (Å²) >= 11 is 3.21. The smallest absolute Gasteiger partial charge is 0.261 e. The van der Waals surface area contributed by atoms with E-state index in [1.165, 1.54) is 19.2 Å². The number of methoxy groups -OCH3 is 1. The van der Waals surface area contributed by atoms with Gasteiger partial charge in [-0.05, 0) is 24.6 Å². The monoisotopic (exact) mass is 369 g/mol. The molecule has 0 heterocycles. The van der Waals surface area contributed by atoms with Crippen LogP contribution in [0.15, 0.2) is 21.5 Å². The molecule has 1 aromatic rings. The second kappa shape index (κ2) is 6.69. The summed E-state index contributed by atoms with van der Waals surface area (Å²) in [7, 11) is 2.92. The van der Waals surface area contributed by atoms with Crippen molar-refractivity contribution in [2.24, 2.45) is 0 Å². The van der Waals surface area contributed by atoms with E-state index in [1.807, 2.05) is 0 Å². The summed E-state index contributed by atoms with van der Waals surface area (Å²) in [5.41, 5.74) is 0.892. The van der Waals surface area contributed by atoms with Crippen LogP contribution in [0.1, 0.15) is 15.9 Å². The van der Waals surface area contributed by atoms with E-state index in [0.29, 0.717) is 23.2 Å². The van der Waals surface area contributed by atoms with E-state index in [2.05, 4.69) is 21.2 Å². The van der Waals surface area contributed by atoms with Crippen LogP contribution in [0, 0.1) is 6.92 Å². The number of ether oxygens (including phenoxy) is 1. The molecule has 106 valence electrons. The maximum Gasteiger partial charge on any atom is 0.261 e. The van der Waals surface area contributed by atoms with Gasteiger partial charge in [0, 0.05) is 34.4 Å². The third-order valence-electron chi connectivity index (χ3n) is 2.44. The average Bonchev–Trinajstić information content (AvgIpc) is 2.31. The zero-order valence-electron chi connectivity index (χ0n) is 10.4. The van der Waals surface area contributed by atoms with E-state index >= 15 is 0 Å². The lowest BCUT2D eigenvalue weighted by Gasteiger charge is -2.10. The van der Waals surface area contributed by atoms with Gasteiger partial charge in [0.05, 0.1) is 11.5 Å². The van der Waals surface area contributed by atoms with Crippen LogP contribution in [0.2, 0.25) is 0 Å². The van der Waals surface area contributed by atoms with Gasteiger partial charge in [0.25, 0.3) is 15.0 Å². The van der Waals surface area contributed by atoms with Gasteiger partial charge >= 0.3 is 0 Å². The molecule has 0 aliphatic heterocycles. The Balaban J connectivity index is 3.13. The summed E-state index contributed by atoms with van der Waals surface area (Å²) in [6, 6.07) is 2.62. The second-order valence-corrected chi connectivity index (χ2v) is 7.18. The molecule has 0 aliphatic rings. The van der Waals surface area contributed by atoms with Gasteiger partial charge in [0.1, 0.15) is 0 Å². The summed E-state index contributed by atoms with van der Waals surface area (Å²) in [4.78, 5) is 11.8. The Labute approximate surface area is 124 Å². The standard InChI is InChI=1S/C11H13BrClNO4S/c1-7-9(11(15)14-3-4-18-2)5-8(6-10(7)12)19(13,16)17/h5-6H,3-4H2,1-2H3,(H,14,15). The highest BCUT2D eigenvalue weighted by Crippen LogP contribution is 2.26. The Bertz CT molecular complexity index is 589. The topological polar surface area (TPSA) is 72.5 Å². The van der Waals surface area contributed by atoms with Gasteiger partial charge in [0.2, 0.25) is 0 Å². The summed E-state index contributed by atoms with van der Waals surface area (Å²) in [5, 5.41) is 2.62. The molecule has 0 saturated heterocycles. The van der Waals surface area contributed by atoms with Crippen molar-refractivity contribution in [2.45, 2.75) is 11.8 Å². The van der Waals surface area contributed by atoms with Crippen molar-refractivity contribution in [2.75, 3.05) is 20.3 Å². The lowest BCUT2D eigenvalue weighted by molar-refractivity contribution is 0.0936. The highest BCUT2D eigenvalue weighted by molar-refractivity contribution is 9.10. The number of hydrogen-bond acceptors (Lipinski definition) is 4. The first-order valence-electron chi connectivity index (χ1n) is 5.29. The quantitative estimate of drug-likeness (QED) is 0.636. The fourth-order valence-corrected chi connectivity index (χ4v) is 2.79. The van der Waals surface area contributed by atoms with Crippen LogP contribution >= 0.6 is 26.6 Å². The fourth-order valence-electron chi connectivity index (χ4n) is 1.39. The van der Waals surface area contributed by atoms with Crippen LogP contribution < -0.4 is 5.32 Å². The minimum Gasteiger partial charge on any atom is -0.383 e. The van der Waals surface area contributed by atoms with Gasteiger partial charge in [-0.25, -0.2) is 8.42 Å². The highest BCUT2D eigenvalue weighted by Gasteiger charge is 2.18. The lowest BCUT2D eigenvalue weighted by Crippen LogP contribution is -2.27. The summed E-state index contributed by atoms with van der Waals surface area (Å²) in [6.07, 6.45) is 0. The van der Waals surface area contributed by atoms with Gasteiger partial charge in [-0.15, -0.1) is 0 Å². The summed E-state index contributed by atoms with van der Waals surface area (Å²) < 4.78 is 28.0. The summed E-state index contributed by atoms with van der Waals surface area (Å²) in [6.45, 7) is 2.42. The van der Waals surface area contributed by atoms with Crippen LogP contribution in [0.4, 0.5) is 0 Å². The first kappa shape index (κ1) is 16.4. The van der Waals surface area contributed by atoms with Crippen LogP contribution in [0.25, 0.3) is 0 Å². The van der Waals surface area contributed by atoms with E-state index in [-0.39, 0.29) is 16.4 Å². The fraction of sp³-hybridized carbons (Fsp3) is 0.364. The third kappa shape index (κ3) is 4.45. The van der Waals surface area contributed by atoms with E-state index < -0.39 is 9.05 Å². The molecule has 1 amide bonds. The molecule has 0 atom stereocenters. The Morgan fingerprint density at radius 2 is 2.11 bits per heavy atom. The Hall–Kier alpha value is -0.630. The van der Waals surface area contributed by atoms with E-state index in [4.69, 9.17) is 15.4 Å². The molecule has 0 unspecified atom stereocenters. The molecule has 5 nitrogen and oxygen atoms in total. The Morgan fingerprint density at radius 1 is 1.47 bits per heavy atom. The molecule has 19 heavy (non-hydrogen) atoms. The van der Waals surface area contributed by atoms with Crippen LogP contribution in [-0.4, -0.2) is 34.6 Å². The number of halogens is 2. The molecule has 1 aromatic carbocycles. The number of benzene rings is 1. The Morgan fingerprint density at radius 3 is 2.63 bits per heavy atom. The lowest BCUT2D eigenvalue weighted by atomic mass is 10.1.